The van der Waals surface area contributed by atoms with Crippen molar-refractivity contribution in [1.29, 1.82) is 0 Å². The number of amides is 1. The number of thiophene rings is 1. The average Bonchev–Trinajstić information content (AvgIpc) is 2.84. The molecular weight excluding hydrogens is 282 g/mol. The molecule has 0 spiro atoms. The highest BCUT2D eigenvalue weighted by molar-refractivity contribution is 7.84. The molecule has 1 aromatic heterocycles. The standard InChI is InChI=1S/C13H17NO3S2/c1-10(19(2)17)7-8-14-13(16)12-6-5-11(18-12)4-3-9-15/h5-6,10,15H,7-9H2,1-2H3,(H,14,16). The molecule has 1 rings (SSSR count). The summed E-state index contributed by atoms with van der Waals surface area (Å²) >= 11 is 1.29. The number of nitrogens with one attached hydrogen (secondary N) is 1. The third-order valence-corrected chi connectivity index (χ3v) is 4.89. The Morgan fingerprint density at radius 2 is 2.32 bits per heavy atom. The Morgan fingerprint density at radius 3 is 2.95 bits per heavy atom. The van der Waals surface area contributed by atoms with Gasteiger partial charge in [-0.1, -0.05) is 18.8 Å². The average molecular weight is 299 g/mol. The van der Waals surface area contributed by atoms with E-state index in [2.05, 4.69) is 17.2 Å². The molecule has 1 aromatic rings. The van der Waals surface area contributed by atoms with Crippen LogP contribution in [0.2, 0.25) is 0 Å². The summed E-state index contributed by atoms with van der Waals surface area (Å²) in [5.41, 5.74) is 0. The maximum absolute atomic E-state index is 11.8. The maximum atomic E-state index is 11.8. The van der Waals surface area contributed by atoms with E-state index in [0.717, 1.165) is 4.88 Å². The second-order valence-electron chi connectivity index (χ2n) is 3.98. The highest BCUT2D eigenvalue weighted by Gasteiger charge is 2.10. The Bertz CT molecular complexity index is 513. The molecule has 1 heterocycles. The van der Waals surface area contributed by atoms with E-state index >= 15 is 0 Å². The molecular formula is C13H17NO3S2. The van der Waals surface area contributed by atoms with Gasteiger partial charge >= 0.3 is 0 Å². The van der Waals surface area contributed by atoms with Crippen molar-refractivity contribution in [3.63, 3.8) is 0 Å². The van der Waals surface area contributed by atoms with Crippen LogP contribution in [0.15, 0.2) is 12.1 Å². The van der Waals surface area contributed by atoms with Gasteiger partial charge in [0.1, 0.15) is 6.61 Å². The molecule has 2 unspecified atom stereocenters. The molecule has 0 aliphatic heterocycles. The fourth-order valence-corrected chi connectivity index (χ4v) is 2.54. The van der Waals surface area contributed by atoms with Crippen LogP contribution in [-0.4, -0.2) is 39.9 Å². The summed E-state index contributed by atoms with van der Waals surface area (Å²) in [6.45, 7) is 2.22. The van der Waals surface area contributed by atoms with E-state index in [9.17, 15) is 9.00 Å². The van der Waals surface area contributed by atoms with Gasteiger partial charge in [-0.15, -0.1) is 11.3 Å². The highest BCUT2D eigenvalue weighted by Crippen LogP contribution is 2.15. The van der Waals surface area contributed by atoms with Gasteiger partial charge in [-0.2, -0.15) is 0 Å². The van der Waals surface area contributed by atoms with Gasteiger partial charge in [-0.25, -0.2) is 0 Å². The first-order valence-electron chi connectivity index (χ1n) is 5.84. The van der Waals surface area contributed by atoms with Gasteiger partial charge in [0.15, 0.2) is 0 Å². The van der Waals surface area contributed by atoms with E-state index in [1.54, 1.807) is 18.4 Å². The zero-order valence-corrected chi connectivity index (χ0v) is 12.6. The number of rotatable bonds is 5. The van der Waals surface area contributed by atoms with Crippen molar-refractivity contribution in [1.82, 2.24) is 5.32 Å². The fraction of sp³-hybridized carbons (Fsp3) is 0.462. The van der Waals surface area contributed by atoms with Crippen molar-refractivity contribution in [3.05, 3.63) is 21.9 Å². The molecule has 4 nitrogen and oxygen atoms in total. The number of carbonyl (C=O) groups is 1. The van der Waals surface area contributed by atoms with E-state index in [4.69, 9.17) is 5.11 Å². The van der Waals surface area contributed by atoms with Crippen molar-refractivity contribution in [2.45, 2.75) is 18.6 Å². The van der Waals surface area contributed by atoms with Crippen LogP contribution >= 0.6 is 11.3 Å². The molecule has 6 heteroatoms. The van der Waals surface area contributed by atoms with Gasteiger partial charge in [0.2, 0.25) is 0 Å². The lowest BCUT2D eigenvalue weighted by Crippen LogP contribution is -2.26. The van der Waals surface area contributed by atoms with Crippen LogP contribution < -0.4 is 5.32 Å². The second kappa shape index (κ2) is 8.10. The smallest absolute Gasteiger partial charge is 0.261 e. The highest BCUT2D eigenvalue weighted by atomic mass is 32.2. The first-order chi connectivity index (χ1) is 9.04. The molecule has 0 saturated heterocycles. The van der Waals surface area contributed by atoms with Gasteiger partial charge in [0.25, 0.3) is 5.91 Å². The molecule has 2 N–H and O–H groups in total. The van der Waals surface area contributed by atoms with Crippen molar-refractivity contribution in [2.75, 3.05) is 19.4 Å². The zero-order chi connectivity index (χ0) is 14.3. The predicted octanol–water partition coefficient (Wildman–Crippen LogP) is 0.979. The molecule has 104 valence electrons. The van der Waals surface area contributed by atoms with E-state index in [0.29, 0.717) is 17.8 Å². The Morgan fingerprint density at radius 1 is 1.58 bits per heavy atom. The molecule has 0 fully saturated rings. The third kappa shape index (κ3) is 5.55. The van der Waals surface area contributed by atoms with Crippen LogP contribution in [0, 0.1) is 11.8 Å². The zero-order valence-electron chi connectivity index (χ0n) is 10.9. The molecule has 0 aliphatic rings. The second-order valence-corrected chi connectivity index (χ2v) is 6.86. The summed E-state index contributed by atoms with van der Waals surface area (Å²) < 4.78 is 11.2. The summed E-state index contributed by atoms with van der Waals surface area (Å²) in [5.74, 6) is 5.15. The summed E-state index contributed by atoms with van der Waals surface area (Å²) in [6, 6.07) is 3.47. The Labute approximate surface area is 119 Å². The Balaban J connectivity index is 2.45. The summed E-state index contributed by atoms with van der Waals surface area (Å²) in [5, 5.41) is 11.5. The predicted molar refractivity (Wildman–Crippen MR) is 78.8 cm³/mol. The molecule has 1 amide bonds. The van der Waals surface area contributed by atoms with Crippen LogP contribution in [-0.2, 0) is 10.8 Å². The van der Waals surface area contributed by atoms with Gasteiger partial charge < -0.3 is 10.4 Å². The molecule has 0 aromatic carbocycles. The number of hydrogen-bond donors (Lipinski definition) is 2. The van der Waals surface area contributed by atoms with E-state index in [1.807, 2.05) is 6.92 Å². The molecule has 19 heavy (non-hydrogen) atoms. The lowest BCUT2D eigenvalue weighted by Gasteiger charge is -2.08. The van der Waals surface area contributed by atoms with Gasteiger partial charge in [0.05, 0.1) is 9.75 Å². The SMILES string of the molecule is CC(CCNC(=O)c1ccc(C#CCO)s1)S(C)=O. The van der Waals surface area contributed by atoms with Crippen molar-refractivity contribution in [3.8, 4) is 11.8 Å². The fourth-order valence-electron chi connectivity index (χ4n) is 1.30. The third-order valence-electron chi connectivity index (χ3n) is 2.52. The first kappa shape index (κ1) is 15.9. The van der Waals surface area contributed by atoms with E-state index in [-0.39, 0.29) is 17.8 Å². The van der Waals surface area contributed by atoms with E-state index < -0.39 is 10.8 Å². The minimum atomic E-state index is -0.860. The number of aliphatic hydroxyl groups is 1. The van der Waals surface area contributed by atoms with Gasteiger partial charge in [-0.3, -0.25) is 9.00 Å². The van der Waals surface area contributed by atoms with Crippen LogP contribution in [0.1, 0.15) is 27.9 Å². The van der Waals surface area contributed by atoms with Crippen LogP contribution in [0.5, 0.6) is 0 Å². The lowest BCUT2D eigenvalue weighted by atomic mass is 10.3. The minimum absolute atomic E-state index is 0.0783. The van der Waals surface area contributed by atoms with Crippen LogP contribution in [0.25, 0.3) is 0 Å². The Hall–Kier alpha value is -1.16. The normalized spacial score (nSPS) is 13.2. The topological polar surface area (TPSA) is 66.4 Å². The molecule has 0 aliphatic carbocycles. The van der Waals surface area contributed by atoms with Crippen molar-refractivity contribution >= 4 is 28.0 Å². The van der Waals surface area contributed by atoms with E-state index in [1.165, 1.54) is 11.3 Å². The van der Waals surface area contributed by atoms with Gasteiger partial charge in [-0.05, 0) is 18.6 Å². The summed E-state index contributed by atoms with van der Waals surface area (Å²) in [4.78, 5) is 13.2. The minimum Gasteiger partial charge on any atom is -0.384 e. The molecule has 0 saturated carbocycles. The van der Waals surface area contributed by atoms with Crippen LogP contribution in [0.4, 0.5) is 0 Å². The van der Waals surface area contributed by atoms with Crippen molar-refractivity contribution < 1.29 is 14.1 Å². The van der Waals surface area contributed by atoms with Gasteiger partial charge in [0, 0.05) is 28.9 Å². The Kier molecular flexibility index (Phi) is 6.78. The largest absolute Gasteiger partial charge is 0.384 e. The van der Waals surface area contributed by atoms with Crippen LogP contribution in [0.3, 0.4) is 0 Å². The van der Waals surface area contributed by atoms with Crippen molar-refractivity contribution in [2.24, 2.45) is 0 Å². The molecule has 0 bridgehead atoms. The first-order valence-corrected chi connectivity index (χ1v) is 8.28. The monoisotopic (exact) mass is 299 g/mol. The number of aliphatic hydroxyl groups excluding tert-OH is 1. The number of hydrogen-bond acceptors (Lipinski definition) is 4. The summed E-state index contributed by atoms with van der Waals surface area (Å²) in [7, 11) is -0.860. The maximum Gasteiger partial charge on any atom is 0.261 e. The quantitative estimate of drug-likeness (QED) is 0.797. The molecule has 0 radical (unpaired) electrons. The summed E-state index contributed by atoms with van der Waals surface area (Å²) in [6.07, 6.45) is 2.36. The lowest BCUT2D eigenvalue weighted by molar-refractivity contribution is 0.0957. The number of carbonyl (C=O) groups excluding carboxylic acids is 1. The molecule has 2 atom stereocenters.